The third-order valence-corrected chi connectivity index (χ3v) is 5.53. The van der Waals surface area contributed by atoms with Crippen molar-refractivity contribution in [1.29, 1.82) is 0 Å². The minimum Gasteiger partial charge on any atom is -0.305 e. The van der Waals surface area contributed by atoms with Gasteiger partial charge in [0.05, 0.1) is 6.54 Å². The van der Waals surface area contributed by atoms with Crippen LogP contribution in [-0.4, -0.2) is 39.7 Å². The van der Waals surface area contributed by atoms with Crippen molar-refractivity contribution >= 4 is 22.9 Å². The molecule has 3 heterocycles. The first kappa shape index (κ1) is 17.5. The van der Waals surface area contributed by atoms with E-state index in [0.29, 0.717) is 22.7 Å². The molecule has 0 unspecified atom stereocenters. The summed E-state index contributed by atoms with van der Waals surface area (Å²) in [6, 6.07) is 20.1. The molecule has 0 bridgehead atoms. The highest BCUT2D eigenvalue weighted by Gasteiger charge is 2.17. The zero-order valence-corrected chi connectivity index (χ0v) is 16.4. The minimum absolute atomic E-state index is 0.598. The van der Waals surface area contributed by atoms with E-state index in [0.717, 1.165) is 22.1 Å². The van der Waals surface area contributed by atoms with Crippen LogP contribution >= 0.6 is 11.8 Å². The number of fused-ring (bicyclic) bond motifs is 1. The molecule has 2 aromatic carbocycles. The Morgan fingerprint density at radius 3 is 2.41 bits per heavy atom. The van der Waals surface area contributed by atoms with Gasteiger partial charge in [-0.05, 0) is 17.3 Å². The number of hydrogen-bond acceptors (Lipinski definition) is 7. The molecule has 0 radical (unpaired) electrons. The predicted octanol–water partition coefficient (Wildman–Crippen LogP) is 3.22. The molecule has 9 heteroatoms. The molecular formula is C20H16N8S. The lowest BCUT2D eigenvalue weighted by Crippen LogP contribution is -2.03. The van der Waals surface area contributed by atoms with Crippen molar-refractivity contribution in [2.24, 2.45) is 7.05 Å². The van der Waals surface area contributed by atoms with Crippen molar-refractivity contribution in [3.05, 3.63) is 72.6 Å². The summed E-state index contributed by atoms with van der Waals surface area (Å²) in [7, 11) is 1.94. The fourth-order valence-electron chi connectivity index (χ4n) is 3.04. The van der Waals surface area contributed by atoms with E-state index in [1.165, 1.54) is 18.1 Å². The Morgan fingerprint density at radius 1 is 0.862 bits per heavy atom. The summed E-state index contributed by atoms with van der Waals surface area (Å²) in [5.41, 5.74) is 3.48. The maximum absolute atomic E-state index is 4.40. The van der Waals surface area contributed by atoms with Crippen molar-refractivity contribution in [2.45, 2.75) is 16.7 Å². The van der Waals surface area contributed by atoms with Gasteiger partial charge in [-0.25, -0.2) is 14.6 Å². The molecule has 0 N–H and O–H groups in total. The average Bonchev–Trinajstić information content (AvgIpc) is 3.34. The van der Waals surface area contributed by atoms with Crippen LogP contribution in [0.5, 0.6) is 0 Å². The number of benzene rings is 2. The van der Waals surface area contributed by atoms with Gasteiger partial charge in [0, 0.05) is 12.6 Å². The molecule has 142 valence electrons. The fourth-order valence-corrected chi connectivity index (χ4v) is 3.84. The molecule has 0 saturated carbocycles. The lowest BCUT2D eigenvalue weighted by atomic mass is 10.2. The normalized spacial score (nSPS) is 11.2. The second kappa shape index (κ2) is 7.44. The van der Waals surface area contributed by atoms with Gasteiger partial charge < -0.3 is 4.57 Å². The van der Waals surface area contributed by atoms with Crippen LogP contribution in [0.15, 0.2) is 77.2 Å². The lowest BCUT2D eigenvalue weighted by molar-refractivity contribution is 0.664. The summed E-state index contributed by atoms with van der Waals surface area (Å²) in [5, 5.41) is 18.7. The Bertz CT molecular complexity index is 1260. The third kappa shape index (κ3) is 3.36. The summed E-state index contributed by atoms with van der Waals surface area (Å²) >= 11 is 1.40. The number of nitrogens with zero attached hydrogens (tertiary/aromatic N) is 8. The molecule has 3 aromatic heterocycles. The van der Waals surface area contributed by atoms with Crippen LogP contribution < -0.4 is 0 Å². The maximum Gasteiger partial charge on any atom is 0.197 e. The van der Waals surface area contributed by atoms with Crippen molar-refractivity contribution in [1.82, 2.24) is 39.7 Å². The monoisotopic (exact) mass is 400 g/mol. The summed E-state index contributed by atoms with van der Waals surface area (Å²) in [6.07, 6.45) is 1.53. The van der Waals surface area contributed by atoms with Crippen molar-refractivity contribution in [3.63, 3.8) is 0 Å². The summed E-state index contributed by atoms with van der Waals surface area (Å²) in [6.45, 7) is 0.598. The van der Waals surface area contributed by atoms with Gasteiger partial charge in [-0.2, -0.15) is 0 Å². The largest absolute Gasteiger partial charge is 0.305 e. The number of hydrogen-bond donors (Lipinski definition) is 0. The molecule has 0 saturated heterocycles. The van der Waals surface area contributed by atoms with Crippen LogP contribution in [0.1, 0.15) is 5.56 Å². The first-order chi connectivity index (χ1) is 14.3. The highest BCUT2D eigenvalue weighted by molar-refractivity contribution is 7.99. The molecular weight excluding hydrogens is 384 g/mol. The number of aromatic nitrogens is 8. The Hall–Kier alpha value is -3.59. The van der Waals surface area contributed by atoms with Crippen LogP contribution in [-0.2, 0) is 13.6 Å². The van der Waals surface area contributed by atoms with E-state index in [-0.39, 0.29) is 0 Å². The van der Waals surface area contributed by atoms with Crippen molar-refractivity contribution in [3.8, 4) is 11.4 Å². The molecule has 0 amide bonds. The molecule has 5 aromatic rings. The molecule has 29 heavy (non-hydrogen) atoms. The zero-order valence-electron chi connectivity index (χ0n) is 15.5. The number of rotatable bonds is 5. The quantitative estimate of drug-likeness (QED) is 0.419. The molecule has 0 aliphatic carbocycles. The van der Waals surface area contributed by atoms with E-state index in [4.69, 9.17) is 0 Å². The minimum atomic E-state index is 0.598. The smallest absolute Gasteiger partial charge is 0.197 e. The molecule has 8 nitrogen and oxygen atoms in total. The van der Waals surface area contributed by atoms with Gasteiger partial charge in [-0.15, -0.1) is 15.3 Å². The van der Waals surface area contributed by atoms with Crippen molar-refractivity contribution < 1.29 is 0 Å². The first-order valence-electron chi connectivity index (χ1n) is 9.00. The lowest BCUT2D eigenvalue weighted by Gasteiger charge is -2.04. The second-order valence-electron chi connectivity index (χ2n) is 6.42. The molecule has 0 spiro atoms. The topological polar surface area (TPSA) is 87.2 Å². The molecule has 0 aliphatic rings. The van der Waals surface area contributed by atoms with Crippen LogP contribution in [0, 0.1) is 0 Å². The van der Waals surface area contributed by atoms with Gasteiger partial charge in [-0.3, -0.25) is 0 Å². The Labute approximate surface area is 170 Å². The Kier molecular flexibility index (Phi) is 4.49. The van der Waals surface area contributed by atoms with E-state index in [1.807, 2.05) is 60.1 Å². The van der Waals surface area contributed by atoms with Crippen LogP contribution in [0.4, 0.5) is 0 Å². The van der Waals surface area contributed by atoms with Crippen LogP contribution in [0.25, 0.3) is 22.6 Å². The third-order valence-electron chi connectivity index (χ3n) is 4.50. The first-order valence-corrected chi connectivity index (χ1v) is 9.82. The van der Waals surface area contributed by atoms with E-state index in [2.05, 4.69) is 42.6 Å². The summed E-state index contributed by atoms with van der Waals surface area (Å²) < 4.78 is 3.73. The van der Waals surface area contributed by atoms with E-state index in [9.17, 15) is 0 Å². The predicted molar refractivity (Wildman–Crippen MR) is 109 cm³/mol. The van der Waals surface area contributed by atoms with Crippen molar-refractivity contribution in [2.75, 3.05) is 0 Å². The highest BCUT2D eigenvalue weighted by Crippen LogP contribution is 2.30. The van der Waals surface area contributed by atoms with E-state index < -0.39 is 0 Å². The van der Waals surface area contributed by atoms with Gasteiger partial charge in [0.1, 0.15) is 11.4 Å². The summed E-state index contributed by atoms with van der Waals surface area (Å²) in [4.78, 5) is 8.79. The van der Waals surface area contributed by atoms with Gasteiger partial charge in [-0.1, -0.05) is 65.9 Å². The highest BCUT2D eigenvalue weighted by atomic mass is 32.2. The fraction of sp³-hybridized carbons (Fsp3) is 0.100. The average molecular weight is 400 g/mol. The van der Waals surface area contributed by atoms with Gasteiger partial charge in [0.25, 0.3) is 0 Å². The van der Waals surface area contributed by atoms with E-state index >= 15 is 0 Å². The molecule has 0 fully saturated rings. The van der Waals surface area contributed by atoms with E-state index in [1.54, 1.807) is 4.68 Å². The summed E-state index contributed by atoms with van der Waals surface area (Å²) in [5.74, 6) is 0.797. The second-order valence-corrected chi connectivity index (χ2v) is 7.37. The van der Waals surface area contributed by atoms with Gasteiger partial charge in [0.15, 0.2) is 22.1 Å². The van der Waals surface area contributed by atoms with Gasteiger partial charge >= 0.3 is 0 Å². The Morgan fingerprint density at radius 2 is 1.62 bits per heavy atom. The molecule has 5 rings (SSSR count). The van der Waals surface area contributed by atoms with Gasteiger partial charge in [0.2, 0.25) is 0 Å². The van der Waals surface area contributed by atoms with Crippen LogP contribution in [0.3, 0.4) is 0 Å². The standard InChI is InChI=1S/C20H16N8S/c1-27-17(15-10-6-3-7-11-15)24-25-20(27)29-19-16-18(21-13-22-19)28(26-23-16)12-14-8-4-2-5-9-14/h2-11,13H,12H2,1H3. The van der Waals surface area contributed by atoms with Crippen LogP contribution in [0.2, 0.25) is 0 Å². The molecule has 0 atom stereocenters. The molecule has 0 aliphatic heterocycles. The maximum atomic E-state index is 4.40. The SMILES string of the molecule is Cn1c(Sc2ncnc3c2nnn3Cc2ccccc2)nnc1-c1ccccc1. The zero-order chi connectivity index (χ0) is 19.6. The Balaban J connectivity index is 1.47.